The lowest BCUT2D eigenvalue weighted by molar-refractivity contribution is -0.139. The van der Waals surface area contributed by atoms with Gasteiger partial charge in [0, 0.05) is 4.90 Å². The van der Waals surface area contributed by atoms with Crippen LogP contribution in [0, 0.1) is 6.92 Å². The number of aliphatic carboxylic acids is 1. The number of nitrogens with one attached hydrogen (secondary N) is 1. The Kier molecular flexibility index (Phi) is 6.12. The van der Waals surface area contributed by atoms with E-state index in [1.807, 2.05) is 0 Å². The van der Waals surface area contributed by atoms with Crippen molar-refractivity contribution in [1.29, 1.82) is 0 Å². The van der Waals surface area contributed by atoms with Gasteiger partial charge >= 0.3 is 12.1 Å². The van der Waals surface area contributed by atoms with Crippen molar-refractivity contribution in [3.8, 4) is 5.75 Å². The van der Waals surface area contributed by atoms with E-state index < -0.39 is 29.6 Å². The average molecular weight is 423 g/mol. The van der Waals surface area contributed by atoms with Gasteiger partial charge in [-0.3, -0.25) is 0 Å². The number of aryl methyl sites for hydroxylation is 1. The van der Waals surface area contributed by atoms with Crippen molar-refractivity contribution < 1.29 is 27.8 Å². The van der Waals surface area contributed by atoms with E-state index in [2.05, 4.69) is 15.4 Å². The van der Waals surface area contributed by atoms with Crippen molar-refractivity contribution in [2.45, 2.75) is 23.2 Å². The number of rotatable bonds is 7. The van der Waals surface area contributed by atoms with Crippen molar-refractivity contribution in [3.63, 3.8) is 0 Å². The predicted octanol–water partition coefficient (Wildman–Crippen LogP) is 4.48. The van der Waals surface area contributed by atoms with E-state index in [1.165, 1.54) is 30.9 Å². The monoisotopic (exact) mass is 423 g/mol. The molecule has 29 heavy (non-hydrogen) atoms. The molecule has 1 aromatic heterocycles. The van der Waals surface area contributed by atoms with Crippen LogP contribution in [-0.2, 0) is 11.0 Å². The van der Waals surface area contributed by atoms with Crippen LogP contribution in [0.1, 0.15) is 27.6 Å². The first-order valence-electron chi connectivity index (χ1n) is 8.39. The summed E-state index contributed by atoms with van der Waals surface area (Å²) in [6.07, 6.45) is -2.99. The molecule has 0 bridgehead atoms. The third-order valence-corrected chi connectivity index (χ3v) is 5.31. The van der Waals surface area contributed by atoms with Crippen LogP contribution in [-0.4, -0.2) is 33.1 Å². The largest absolute Gasteiger partial charge is 0.482 e. The van der Waals surface area contributed by atoms with Crippen molar-refractivity contribution in [1.82, 2.24) is 15.4 Å². The number of nitrogens with zero attached hydrogens (tertiary/aromatic N) is 2. The van der Waals surface area contributed by atoms with Gasteiger partial charge in [-0.05, 0) is 48.4 Å². The zero-order chi connectivity index (χ0) is 21.0. The molecular formula is C19H16F3N3O3S. The van der Waals surface area contributed by atoms with Gasteiger partial charge in [0.1, 0.15) is 11.4 Å². The molecule has 0 radical (unpaired) electrons. The summed E-state index contributed by atoms with van der Waals surface area (Å²) in [5.41, 5.74) is 0.373. The second-order valence-corrected chi connectivity index (χ2v) is 7.30. The summed E-state index contributed by atoms with van der Waals surface area (Å²) in [4.78, 5) is 11.3. The third kappa shape index (κ3) is 5.29. The Labute approximate surface area is 168 Å². The fourth-order valence-corrected chi connectivity index (χ4v) is 3.72. The fraction of sp³-hybridized carbons (Fsp3) is 0.211. The molecule has 1 unspecified atom stereocenters. The highest BCUT2D eigenvalue weighted by Gasteiger charge is 2.33. The highest BCUT2D eigenvalue weighted by atomic mass is 32.2. The van der Waals surface area contributed by atoms with Crippen molar-refractivity contribution in [2.75, 3.05) is 6.61 Å². The van der Waals surface area contributed by atoms with Crippen LogP contribution in [0.4, 0.5) is 13.2 Å². The minimum Gasteiger partial charge on any atom is -0.482 e. The number of carbonyl (C=O) groups is 1. The van der Waals surface area contributed by atoms with E-state index in [9.17, 15) is 18.0 Å². The topological polar surface area (TPSA) is 88.1 Å². The first-order chi connectivity index (χ1) is 13.7. The van der Waals surface area contributed by atoms with E-state index in [1.54, 1.807) is 30.3 Å². The van der Waals surface area contributed by atoms with Gasteiger partial charge in [0.15, 0.2) is 6.61 Å². The normalized spacial score (nSPS) is 12.6. The summed E-state index contributed by atoms with van der Waals surface area (Å²) >= 11 is 1.30. The van der Waals surface area contributed by atoms with Crippen LogP contribution in [0.2, 0.25) is 0 Å². The van der Waals surface area contributed by atoms with Crippen LogP contribution in [0.25, 0.3) is 0 Å². The Balaban J connectivity index is 1.89. The number of aromatic nitrogens is 3. The highest BCUT2D eigenvalue weighted by Crippen LogP contribution is 2.42. The first-order valence-corrected chi connectivity index (χ1v) is 9.26. The molecule has 0 saturated heterocycles. The average Bonchev–Trinajstić information content (AvgIpc) is 3.19. The molecule has 0 spiro atoms. The summed E-state index contributed by atoms with van der Waals surface area (Å²) in [5, 5.41) is 18.4. The number of aromatic amines is 1. The quantitative estimate of drug-likeness (QED) is 0.545. The second-order valence-electron chi connectivity index (χ2n) is 6.12. The summed E-state index contributed by atoms with van der Waals surface area (Å²) in [7, 11) is 0. The van der Waals surface area contributed by atoms with E-state index in [4.69, 9.17) is 9.84 Å². The smallest absolute Gasteiger partial charge is 0.416 e. The molecule has 2 N–H and O–H groups in total. The van der Waals surface area contributed by atoms with E-state index in [0.29, 0.717) is 17.0 Å². The van der Waals surface area contributed by atoms with Gasteiger partial charge in [-0.15, -0.1) is 11.8 Å². The lowest BCUT2D eigenvalue weighted by atomic mass is 10.0. The Hall–Kier alpha value is -3.01. The van der Waals surface area contributed by atoms with Crippen LogP contribution in [0.5, 0.6) is 5.75 Å². The van der Waals surface area contributed by atoms with E-state index in [0.717, 1.165) is 11.0 Å². The molecule has 0 amide bonds. The molecule has 6 nitrogen and oxygen atoms in total. The van der Waals surface area contributed by atoms with Crippen molar-refractivity contribution in [3.05, 3.63) is 71.0 Å². The molecule has 1 atom stereocenters. The van der Waals surface area contributed by atoms with Gasteiger partial charge in [0.25, 0.3) is 0 Å². The molecule has 3 aromatic rings. The molecule has 152 valence electrons. The van der Waals surface area contributed by atoms with Crippen LogP contribution >= 0.6 is 11.8 Å². The zero-order valence-corrected chi connectivity index (χ0v) is 15.9. The first kappa shape index (κ1) is 20.7. The fourth-order valence-electron chi connectivity index (χ4n) is 2.64. The number of hydrogen-bond donors (Lipinski definition) is 2. The molecule has 0 aliphatic rings. The number of H-pyrrole nitrogens is 1. The third-order valence-electron chi connectivity index (χ3n) is 4.01. The summed E-state index contributed by atoms with van der Waals surface area (Å²) in [6, 6.07) is 10.8. The lowest BCUT2D eigenvalue weighted by Gasteiger charge is -2.18. The van der Waals surface area contributed by atoms with Gasteiger partial charge in [0.05, 0.1) is 17.0 Å². The van der Waals surface area contributed by atoms with Crippen molar-refractivity contribution in [2.24, 2.45) is 0 Å². The van der Waals surface area contributed by atoms with Gasteiger partial charge in [-0.25, -0.2) is 4.79 Å². The molecule has 10 heteroatoms. The van der Waals surface area contributed by atoms with Gasteiger partial charge in [-0.2, -0.15) is 28.6 Å². The summed E-state index contributed by atoms with van der Waals surface area (Å²) < 4.78 is 45.1. The Morgan fingerprint density at radius 3 is 2.55 bits per heavy atom. The summed E-state index contributed by atoms with van der Waals surface area (Å²) in [5.74, 6) is -0.709. The molecule has 2 aromatic carbocycles. The number of alkyl halides is 3. The molecule has 0 aliphatic carbocycles. The maximum absolute atomic E-state index is 13.3. The predicted molar refractivity (Wildman–Crippen MR) is 99.8 cm³/mol. The molecule has 1 heterocycles. The molecule has 0 saturated carbocycles. The van der Waals surface area contributed by atoms with Gasteiger partial charge in [0.2, 0.25) is 0 Å². The Morgan fingerprint density at radius 1 is 1.24 bits per heavy atom. The van der Waals surface area contributed by atoms with Crippen LogP contribution < -0.4 is 4.74 Å². The molecule has 3 rings (SSSR count). The Bertz CT molecular complexity index is 977. The number of carboxylic acid groups (broad SMARTS) is 1. The maximum atomic E-state index is 13.3. The SMILES string of the molecule is Cc1ccc(C(Sc2ccc(OCC(=O)O)cc2)c2cn[nH]n2)cc1C(F)(F)F. The molecular weight excluding hydrogens is 407 g/mol. The number of hydrogen-bond acceptors (Lipinski definition) is 5. The maximum Gasteiger partial charge on any atom is 0.416 e. The minimum atomic E-state index is -4.46. The van der Waals surface area contributed by atoms with E-state index in [-0.39, 0.29) is 5.56 Å². The van der Waals surface area contributed by atoms with Gasteiger partial charge in [-0.1, -0.05) is 12.1 Å². The van der Waals surface area contributed by atoms with Gasteiger partial charge < -0.3 is 9.84 Å². The van der Waals surface area contributed by atoms with E-state index >= 15 is 0 Å². The molecule has 0 fully saturated rings. The van der Waals surface area contributed by atoms with Crippen LogP contribution in [0.15, 0.2) is 53.6 Å². The number of ether oxygens (including phenoxy) is 1. The highest BCUT2D eigenvalue weighted by molar-refractivity contribution is 7.99. The second kappa shape index (κ2) is 8.56. The summed E-state index contributed by atoms with van der Waals surface area (Å²) in [6.45, 7) is 0.957. The number of thioether (sulfide) groups is 1. The number of halogens is 3. The molecule has 0 aliphatic heterocycles. The zero-order valence-electron chi connectivity index (χ0n) is 15.1. The number of benzene rings is 2. The van der Waals surface area contributed by atoms with Crippen LogP contribution in [0.3, 0.4) is 0 Å². The Morgan fingerprint density at radius 2 is 1.97 bits per heavy atom. The number of carboxylic acids is 1. The van der Waals surface area contributed by atoms with Crippen molar-refractivity contribution >= 4 is 17.7 Å². The lowest BCUT2D eigenvalue weighted by Crippen LogP contribution is -2.09. The minimum absolute atomic E-state index is 0.144. The standard InChI is InChI=1S/C19H16F3N3O3S/c1-11-2-3-12(8-15(11)19(20,21)22)18(16-9-23-25-24-16)29-14-6-4-13(5-7-14)28-10-17(26)27/h2-9,18H,10H2,1H3,(H,26,27)(H,23,24,25).